The molecule has 151 valence electrons. The smallest absolute Gasteiger partial charge is 0.207 e. The number of hydrogen-bond donors (Lipinski definition) is 0. The number of ether oxygens (including phenoxy) is 2. The Balaban J connectivity index is 1.19. The Labute approximate surface area is 179 Å². The molecule has 2 heterocycles. The van der Waals surface area contributed by atoms with Gasteiger partial charge in [0.25, 0.3) is 0 Å². The zero-order valence-corrected chi connectivity index (χ0v) is 16.5. The normalized spacial score (nSPS) is 12.5. The van der Waals surface area contributed by atoms with Crippen molar-refractivity contribution in [2.24, 2.45) is 15.4 Å². The number of fused-ring (bicyclic) bond motifs is 1. The van der Waals surface area contributed by atoms with Crippen LogP contribution in [0.1, 0.15) is 16.8 Å². The monoisotopic (exact) mass is 408 g/mol. The number of rotatable bonds is 7. The molecule has 7 nitrogen and oxygen atoms in total. The third kappa shape index (κ3) is 4.51. The first kappa shape index (κ1) is 18.7. The molecule has 0 unspecified atom stereocenters. The van der Waals surface area contributed by atoms with Crippen LogP contribution in [0, 0.1) is 0 Å². The predicted octanol–water partition coefficient (Wildman–Crippen LogP) is 5.04. The Hall–Kier alpha value is -4.26. The summed E-state index contributed by atoms with van der Waals surface area (Å²) in [6.07, 6.45) is 0. The summed E-state index contributed by atoms with van der Waals surface area (Å²) in [5.74, 6) is 1.98. The lowest BCUT2D eigenvalue weighted by atomic mass is 10.1. The first-order valence-corrected chi connectivity index (χ1v) is 9.82. The zero-order valence-electron chi connectivity index (χ0n) is 16.5. The first-order chi connectivity index (χ1) is 15.3. The van der Waals surface area contributed by atoms with Crippen LogP contribution in [0.4, 0.5) is 0 Å². The summed E-state index contributed by atoms with van der Waals surface area (Å²) in [4.78, 5) is 4.64. The molecule has 0 amide bonds. The third-order valence-electron chi connectivity index (χ3n) is 4.78. The van der Waals surface area contributed by atoms with E-state index in [2.05, 4.69) is 32.0 Å². The van der Waals surface area contributed by atoms with E-state index in [4.69, 9.17) is 9.47 Å². The molecule has 4 aromatic rings. The van der Waals surface area contributed by atoms with Crippen molar-refractivity contribution in [3.8, 4) is 11.5 Å². The van der Waals surface area contributed by atoms with Crippen LogP contribution in [0.3, 0.4) is 0 Å². The minimum Gasteiger partial charge on any atom is -0.489 e. The molecule has 0 N–H and O–H groups in total. The van der Waals surface area contributed by atoms with Crippen LogP contribution >= 0.6 is 0 Å². The van der Waals surface area contributed by atoms with Gasteiger partial charge in [-0.05, 0) is 40.6 Å². The van der Waals surface area contributed by atoms with E-state index in [0.29, 0.717) is 19.0 Å². The Morgan fingerprint density at radius 3 is 2.32 bits per heavy atom. The molecule has 1 aliphatic heterocycles. The summed E-state index contributed by atoms with van der Waals surface area (Å²) < 4.78 is 11.8. The summed E-state index contributed by atoms with van der Waals surface area (Å²) >= 11 is 0. The SMILES string of the molecule is c1cc(OCc2ccc(C3=N[N]N=N3)cc2)cc(OCc2ccc3ccccc3n2)c1. The van der Waals surface area contributed by atoms with Crippen LogP contribution < -0.4 is 15.0 Å². The molecule has 0 saturated heterocycles. The van der Waals surface area contributed by atoms with Gasteiger partial charge in [0.05, 0.1) is 11.2 Å². The largest absolute Gasteiger partial charge is 0.489 e. The Morgan fingerprint density at radius 1 is 0.710 bits per heavy atom. The second-order valence-corrected chi connectivity index (χ2v) is 6.95. The van der Waals surface area contributed by atoms with Crippen molar-refractivity contribution in [1.29, 1.82) is 0 Å². The minimum atomic E-state index is 0.392. The standard InChI is InChI=1S/C24H18N5O2/c1-2-7-23-18(4-1)12-13-20(25-23)16-31-22-6-3-5-21(14-22)30-15-17-8-10-19(11-9-17)24-26-28-29-27-24/h1-14H,15-16H2. The highest BCUT2D eigenvalue weighted by molar-refractivity contribution is 5.99. The van der Waals surface area contributed by atoms with Crippen molar-refractivity contribution < 1.29 is 9.47 Å². The van der Waals surface area contributed by atoms with Crippen LogP contribution in [-0.2, 0) is 13.2 Å². The number of amidine groups is 1. The number of benzene rings is 3. The number of pyridine rings is 1. The summed E-state index contributed by atoms with van der Waals surface area (Å²) in [6, 6.07) is 27.5. The number of para-hydroxylation sites is 1. The van der Waals surface area contributed by atoms with Gasteiger partial charge in [-0.3, -0.25) is 0 Å². The van der Waals surface area contributed by atoms with Gasteiger partial charge < -0.3 is 9.47 Å². The van der Waals surface area contributed by atoms with Crippen molar-refractivity contribution in [2.45, 2.75) is 13.2 Å². The molecular weight excluding hydrogens is 390 g/mol. The number of aromatic nitrogens is 1. The molecule has 1 aromatic heterocycles. The molecule has 0 bridgehead atoms. The van der Waals surface area contributed by atoms with Crippen molar-refractivity contribution >= 4 is 16.7 Å². The maximum absolute atomic E-state index is 5.92. The number of nitrogens with zero attached hydrogens (tertiary/aromatic N) is 5. The van der Waals surface area contributed by atoms with Crippen molar-refractivity contribution in [1.82, 2.24) is 10.5 Å². The van der Waals surface area contributed by atoms with E-state index < -0.39 is 0 Å². The van der Waals surface area contributed by atoms with Crippen LogP contribution in [0.25, 0.3) is 10.9 Å². The Kier molecular flexibility index (Phi) is 5.22. The topological polar surface area (TPSA) is 82.5 Å². The average molecular weight is 408 g/mol. The molecule has 7 heteroatoms. The maximum Gasteiger partial charge on any atom is 0.207 e. The lowest BCUT2D eigenvalue weighted by Crippen LogP contribution is -2.00. The van der Waals surface area contributed by atoms with E-state index in [9.17, 15) is 0 Å². The quantitative estimate of drug-likeness (QED) is 0.429. The van der Waals surface area contributed by atoms with Crippen molar-refractivity contribution in [3.05, 3.63) is 102 Å². The highest BCUT2D eigenvalue weighted by Crippen LogP contribution is 2.22. The Morgan fingerprint density at radius 2 is 1.52 bits per heavy atom. The highest BCUT2D eigenvalue weighted by Gasteiger charge is 2.08. The van der Waals surface area contributed by atoms with Crippen LogP contribution in [0.5, 0.6) is 11.5 Å². The molecule has 5 rings (SSSR count). The number of hydrogen-bond acceptors (Lipinski definition) is 6. The summed E-state index contributed by atoms with van der Waals surface area (Å²) in [6.45, 7) is 0.831. The molecule has 31 heavy (non-hydrogen) atoms. The van der Waals surface area contributed by atoms with Gasteiger partial charge in [-0.15, -0.1) is 10.2 Å². The average Bonchev–Trinajstić information content (AvgIpc) is 3.37. The van der Waals surface area contributed by atoms with E-state index in [-0.39, 0.29) is 0 Å². The summed E-state index contributed by atoms with van der Waals surface area (Å²) in [5.41, 5.74) is 7.24. The van der Waals surface area contributed by atoms with Crippen molar-refractivity contribution in [3.63, 3.8) is 0 Å². The fourth-order valence-electron chi connectivity index (χ4n) is 3.18. The van der Waals surface area contributed by atoms with Gasteiger partial charge in [0.15, 0.2) is 0 Å². The maximum atomic E-state index is 5.92. The van der Waals surface area contributed by atoms with E-state index in [1.165, 1.54) is 0 Å². The Bertz CT molecular complexity index is 1270. The van der Waals surface area contributed by atoms with Gasteiger partial charge in [-0.25, -0.2) is 4.98 Å². The van der Waals surface area contributed by atoms with Gasteiger partial charge >= 0.3 is 0 Å². The fraction of sp³-hybridized carbons (Fsp3) is 0.0833. The highest BCUT2D eigenvalue weighted by atomic mass is 16.5. The first-order valence-electron chi connectivity index (χ1n) is 9.82. The van der Waals surface area contributed by atoms with E-state index in [1.54, 1.807) is 0 Å². The lowest BCUT2D eigenvalue weighted by molar-refractivity contribution is 0.288. The molecule has 0 fully saturated rings. The van der Waals surface area contributed by atoms with E-state index in [0.717, 1.165) is 39.2 Å². The molecule has 0 atom stereocenters. The van der Waals surface area contributed by atoms with Gasteiger partial charge in [0, 0.05) is 17.0 Å². The second-order valence-electron chi connectivity index (χ2n) is 6.95. The van der Waals surface area contributed by atoms with Gasteiger partial charge in [-0.1, -0.05) is 54.6 Å². The molecule has 0 spiro atoms. The van der Waals surface area contributed by atoms with Gasteiger partial charge in [0.2, 0.25) is 5.84 Å². The molecule has 1 aliphatic rings. The fourth-order valence-corrected chi connectivity index (χ4v) is 3.18. The van der Waals surface area contributed by atoms with E-state index >= 15 is 0 Å². The molecule has 3 aromatic carbocycles. The van der Waals surface area contributed by atoms with Gasteiger partial charge in [0.1, 0.15) is 24.7 Å². The van der Waals surface area contributed by atoms with Crippen LogP contribution in [-0.4, -0.2) is 10.8 Å². The summed E-state index contributed by atoms with van der Waals surface area (Å²) in [5, 5.41) is 12.3. The molecule has 1 radical (unpaired) electrons. The second kappa shape index (κ2) is 8.62. The van der Waals surface area contributed by atoms with Crippen LogP contribution in [0.2, 0.25) is 0 Å². The third-order valence-corrected chi connectivity index (χ3v) is 4.78. The van der Waals surface area contributed by atoms with E-state index in [1.807, 2.05) is 78.9 Å². The molecular formula is C24H18N5O2. The van der Waals surface area contributed by atoms with Crippen LogP contribution in [0.15, 0.2) is 100 Å². The van der Waals surface area contributed by atoms with Gasteiger partial charge in [-0.2, -0.15) is 0 Å². The molecule has 0 aliphatic carbocycles. The lowest BCUT2D eigenvalue weighted by Gasteiger charge is -2.10. The molecule has 0 saturated carbocycles. The summed E-state index contributed by atoms with van der Waals surface area (Å²) in [7, 11) is 0. The van der Waals surface area contributed by atoms with Crippen molar-refractivity contribution in [2.75, 3.05) is 0 Å². The predicted molar refractivity (Wildman–Crippen MR) is 117 cm³/mol. The zero-order chi connectivity index (χ0) is 20.9. The minimum absolute atomic E-state index is 0.392.